The van der Waals surface area contributed by atoms with Crippen molar-refractivity contribution in [2.24, 2.45) is 5.92 Å². The molecule has 1 N–H and O–H groups in total. The summed E-state index contributed by atoms with van der Waals surface area (Å²) in [5.74, 6) is 1.30. The van der Waals surface area contributed by atoms with Crippen LogP contribution in [0.15, 0.2) is 23.0 Å². The van der Waals surface area contributed by atoms with Crippen LogP contribution in [-0.4, -0.2) is 36.1 Å². The lowest BCUT2D eigenvalue weighted by Gasteiger charge is -2.38. The molecule has 0 bridgehead atoms. The van der Waals surface area contributed by atoms with E-state index in [2.05, 4.69) is 76.0 Å². The summed E-state index contributed by atoms with van der Waals surface area (Å²) in [7, 11) is 0. The molecule has 7 nitrogen and oxygen atoms in total. The highest BCUT2D eigenvalue weighted by atomic mass is 16.1. The van der Waals surface area contributed by atoms with Gasteiger partial charge in [-0.05, 0) is 79.1 Å². The van der Waals surface area contributed by atoms with Crippen molar-refractivity contribution in [2.45, 2.75) is 104 Å². The monoisotopic (exact) mass is 462 g/mol. The predicted molar refractivity (Wildman–Crippen MR) is 135 cm³/mol. The topological polar surface area (TPSA) is 79.7 Å². The van der Waals surface area contributed by atoms with Gasteiger partial charge in [-0.3, -0.25) is 9.69 Å². The smallest absolute Gasteiger partial charge is 0.252 e. The van der Waals surface area contributed by atoms with Gasteiger partial charge < -0.3 is 4.98 Å². The number of hydrogen-bond acceptors (Lipinski definition) is 5. The van der Waals surface area contributed by atoms with Crippen molar-refractivity contribution in [3.05, 3.63) is 51.1 Å². The van der Waals surface area contributed by atoms with Crippen LogP contribution >= 0.6 is 0 Å². The number of H-pyrrole nitrogens is 1. The van der Waals surface area contributed by atoms with Crippen molar-refractivity contribution in [1.82, 2.24) is 30.1 Å². The van der Waals surface area contributed by atoms with Crippen LogP contribution in [0.5, 0.6) is 0 Å². The molecule has 2 heterocycles. The first kappa shape index (κ1) is 23.2. The zero-order valence-corrected chi connectivity index (χ0v) is 21.0. The number of nitrogens with one attached hydrogen (secondary N) is 1. The van der Waals surface area contributed by atoms with Gasteiger partial charge in [0.25, 0.3) is 5.56 Å². The average molecular weight is 463 g/mol. The van der Waals surface area contributed by atoms with Crippen molar-refractivity contribution in [3.63, 3.8) is 0 Å². The molecule has 0 amide bonds. The zero-order chi connectivity index (χ0) is 23.8. The SMILES string of the molecule is Cc1cc(C)c2cc(CN(C3CCCC3)C(c3nnnn3C3CCCC3)C(C)C)c(=O)[nH]c2c1. The van der Waals surface area contributed by atoms with Crippen LogP contribution in [0.2, 0.25) is 0 Å². The molecule has 182 valence electrons. The molecule has 5 rings (SSSR count). The Kier molecular flexibility index (Phi) is 6.56. The van der Waals surface area contributed by atoms with Gasteiger partial charge in [0.1, 0.15) is 0 Å². The molecule has 0 radical (unpaired) electrons. The van der Waals surface area contributed by atoms with E-state index in [1.165, 1.54) is 36.8 Å². The minimum absolute atomic E-state index is 0.0124. The Morgan fingerprint density at radius 3 is 2.47 bits per heavy atom. The molecule has 1 aromatic carbocycles. The molecule has 2 aliphatic carbocycles. The Labute approximate surface area is 201 Å². The summed E-state index contributed by atoms with van der Waals surface area (Å²) in [6.07, 6.45) is 9.60. The lowest BCUT2D eigenvalue weighted by molar-refractivity contribution is 0.0826. The number of hydrogen-bond donors (Lipinski definition) is 1. The van der Waals surface area contributed by atoms with E-state index in [9.17, 15) is 4.79 Å². The van der Waals surface area contributed by atoms with E-state index in [1.807, 2.05) is 0 Å². The van der Waals surface area contributed by atoms with E-state index in [0.717, 1.165) is 48.0 Å². The lowest BCUT2D eigenvalue weighted by atomic mass is 9.97. The second-order valence-corrected chi connectivity index (χ2v) is 10.9. The fourth-order valence-electron chi connectivity index (χ4n) is 6.35. The number of fused-ring (bicyclic) bond motifs is 1. The molecule has 34 heavy (non-hydrogen) atoms. The summed E-state index contributed by atoms with van der Waals surface area (Å²) < 4.78 is 2.11. The molecular weight excluding hydrogens is 424 g/mol. The van der Waals surface area contributed by atoms with E-state index in [1.54, 1.807) is 0 Å². The fourth-order valence-corrected chi connectivity index (χ4v) is 6.35. The van der Waals surface area contributed by atoms with Gasteiger partial charge in [-0.25, -0.2) is 4.68 Å². The molecule has 2 aliphatic rings. The lowest BCUT2D eigenvalue weighted by Crippen LogP contribution is -2.41. The van der Waals surface area contributed by atoms with Crippen LogP contribution in [0, 0.1) is 19.8 Å². The second-order valence-electron chi connectivity index (χ2n) is 10.9. The van der Waals surface area contributed by atoms with Crippen molar-refractivity contribution in [1.29, 1.82) is 0 Å². The number of pyridine rings is 1. The van der Waals surface area contributed by atoms with E-state index < -0.39 is 0 Å². The fraction of sp³-hybridized carbons (Fsp3) is 0.630. The first-order valence-electron chi connectivity index (χ1n) is 13.1. The summed E-state index contributed by atoms with van der Waals surface area (Å²) in [4.78, 5) is 19.0. The summed E-state index contributed by atoms with van der Waals surface area (Å²) >= 11 is 0. The van der Waals surface area contributed by atoms with Crippen LogP contribution in [0.3, 0.4) is 0 Å². The summed E-state index contributed by atoms with van der Waals surface area (Å²) in [5, 5.41) is 14.3. The highest BCUT2D eigenvalue weighted by molar-refractivity contribution is 5.83. The first-order valence-corrected chi connectivity index (χ1v) is 13.1. The summed E-state index contributed by atoms with van der Waals surface area (Å²) in [6, 6.07) is 7.28. The Morgan fingerprint density at radius 1 is 1.06 bits per heavy atom. The van der Waals surface area contributed by atoms with Gasteiger partial charge in [0.05, 0.1) is 12.1 Å². The largest absolute Gasteiger partial charge is 0.322 e. The highest BCUT2D eigenvalue weighted by Crippen LogP contribution is 2.38. The minimum Gasteiger partial charge on any atom is -0.322 e. The first-order chi connectivity index (χ1) is 16.4. The Bertz CT molecular complexity index is 1200. The van der Waals surface area contributed by atoms with E-state index in [-0.39, 0.29) is 11.6 Å². The van der Waals surface area contributed by atoms with Crippen molar-refractivity contribution >= 4 is 10.9 Å². The van der Waals surface area contributed by atoms with Gasteiger partial charge in [-0.1, -0.05) is 45.6 Å². The maximum absolute atomic E-state index is 13.2. The molecule has 1 atom stereocenters. The predicted octanol–water partition coefficient (Wildman–Crippen LogP) is 5.39. The molecule has 0 aliphatic heterocycles. The molecule has 1 unspecified atom stereocenters. The molecule has 2 saturated carbocycles. The third-order valence-electron chi connectivity index (χ3n) is 7.98. The second kappa shape index (κ2) is 9.61. The quantitative estimate of drug-likeness (QED) is 0.509. The summed E-state index contributed by atoms with van der Waals surface area (Å²) in [5.41, 5.74) is 4.13. The normalized spacial score (nSPS) is 18.6. The average Bonchev–Trinajstić information content (AvgIpc) is 3.56. The third-order valence-corrected chi connectivity index (χ3v) is 7.98. The Morgan fingerprint density at radius 2 is 1.76 bits per heavy atom. The van der Waals surface area contributed by atoms with Gasteiger partial charge in [-0.15, -0.1) is 5.10 Å². The standard InChI is InChI=1S/C27H38N6O/c1-17(2)25(26-29-30-31-33(26)22-11-7-8-12-22)32(21-9-5-6-10-21)16-20-15-23-19(4)13-18(3)14-24(23)28-27(20)34/h13-15,17,21-22,25H,5-12,16H2,1-4H3,(H,28,34). The molecule has 2 fully saturated rings. The number of benzene rings is 1. The van der Waals surface area contributed by atoms with Crippen LogP contribution in [0.4, 0.5) is 0 Å². The number of rotatable bonds is 7. The highest BCUT2D eigenvalue weighted by Gasteiger charge is 2.36. The third kappa shape index (κ3) is 4.42. The number of aryl methyl sites for hydroxylation is 2. The zero-order valence-electron chi connectivity index (χ0n) is 21.0. The molecule has 2 aromatic heterocycles. The minimum atomic E-state index is 0.0124. The van der Waals surface area contributed by atoms with Crippen LogP contribution < -0.4 is 5.56 Å². The van der Waals surface area contributed by atoms with E-state index in [4.69, 9.17) is 0 Å². The molecule has 7 heteroatoms. The molecular formula is C27H38N6O. The number of aromatic amines is 1. The number of tetrazole rings is 1. The van der Waals surface area contributed by atoms with Crippen molar-refractivity contribution < 1.29 is 0 Å². The maximum atomic E-state index is 13.2. The van der Waals surface area contributed by atoms with Crippen molar-refractivity contribution in [2.75, 3.05) is 0 Å². The number of nitrogens with zero attached hydrogens (tertiary/aromatic N) is 5. The summed E-state index contributed by atoms with van der Waals surface area (Å²) in [6.45, 7) is 9.33. The maximum Gasteiger partial charge on any atom is 0.252 e. The van der Waals surface area contributed by atoms with Crippen LogP contribution in [0.25, 0.3) is 10.9 Å². The van der Waals surface area contributed by atoms with Gasteiger partial charge in [0.15, 0.2) is 5.82 Å². The molecule has 3 aromatic rings. The van der Waals surface area contributed by atoms with Crippen LogP contribution in [-0.2, 0) is 6.54 Å². The number of aromatic nitrogens is 5. The van der Waals surface area contributed by atoms with Gasteiger partial charge >= 0.3 is 0 Å². The Balaban J connectivity index is 1.56. The van der Waals surface area contributed by atoms with Crippen molar-refractivity contribution in [3.8, 4) is 0 Å². The van der Waals surface area contributed by atoms with Gasteiger partial charge in [0.2, 0.25) is 0 Å². The van der Waals surface area contributed by atoms with E-state index in [0.29, 0.717) is 24.5 Å². The van der Waals surface area contributed by atoms with Gasteiger partial charge in [-0.2, -0.15) is 0 Å². The molecule has 0 saturated heterocycles. The molecule has 0 spiro atoms. The van der Waals surface area contributed by atoms with Crippen LogP contribution in [0.1, 0.15) is 99.8 Å². The van der Waals surface area contributed by atoms with E-state index >= 15 is 0 Å². The Hall–Kier alpha value is -2.54. The van der Waals surface area contributed by atoms with Gasteiger partial charge in [0, 0.05) is 29.1 Å².